The second-order valence-electron chi connectivity index (χ2n) is 6.91. The van der Waals surface area contributed by atoms with Crippen molar-refractivity contribution >= 4 is 28.0 Å². The van der Waals surface area contributed by atoms with Crippen LogP contribution in [-0.2, 0) is 5.54 Å². The molecule has 1 aliphatic rings. The van der Waals surface area contributed by atoms with Crippen molar-refractivity contribution in [2.24, 2.45) is 10.7 Å². The second kappa shape index (κ2) is 7.58. The van der Waals surface area contributed by atoms with E-state index in [1.165, 1.54) is 37.7 Å². The molecule has 5 N–H and O–H groups in total. The summed E-state index contributed by atoms with van der Waals surface area (Å²) in [6.07, 6.45) is 2.56. The molecule has 29 heavy (non-hydrogen) atoms. The lowest BCUT2D eigenvalue weighted by molar-refractivity contribution is 0.102. The van der Waals surface area contributed by atoms with Gasteiger partial charge in [-0.1, -0.05) is 0 Å². The molecule has 0 saturated heterocycles. The number of nitrogens with zero attached hydrogens (tertiary/aromatic N) is 3. The number of aromatic nitrogens is 2. The third kappa shape index (κ3) is 4.16. The van der Waals surface area contributed by atoms with E-state index in [1.54, 1.807) is 13.8 Å². The largest absolute Gasteiger partial charge is 0.480 e. The maximum atomic E-state index is 14.6. The fourth-order valence-electron chi connectivity index (χ4n) is 3.03. The molecule has 1 aromatic carbocycles. The van der Waals surface area contributed by atoms with Crippen molar-refractivity contribution in [3.8, 4) is 5.88 Å². The number of hydrogen-bond acceptors (Lipinski definition) is 8. The average Bonchev–Trinajstić information content (AvgIpc) is 2.67. The molecule has 2 atom stereocenters. The molecule has 156 valence electrons. The number of rotatable bonds is 4. The molecule has 11 heteroatoms. The Bertz CT molecular complexity index is 969. The summed E-state index contributed by atoms with van der Waals surface area (Å²) >= 11 is 0. The number of benzene rings is 1. The van der Waals surface area contributed by atoms with E-state index >= 15 is 0 Å². The number of aliphatic imine (C=N–C) groups is 1. The van der Waals surface area contributed by atoms with Gasteiger partial charge in [0.25, 0.3) is 5.91 Å². The Kier molecular flexibility index (Phi) is 5.48. The molecule has 3 rings (SSSR count). The highest BCUT2D eigenvalue weighted by atomic mass is 32.3. The van der Waals surface area contributed by atoms with E-state index in [0.29, 0.717) is 0 Å². The molecule has 0 saturated carbocycles. The normalized spacial score (nSPS) is 24.3. The molecular weight excluding hydrogens is 401 g/mol. The van der Waals surface area contributed by atoms with E-state index in [4.69, 9.17) is 10.5 Å². The Morgan fingerprint density at radius 2 is 2.10 bits per heavy atom. The summed E-state index contributed by atoms with van der Waals surface area (Å²) in [6, 6.07) is 3.95. The fourth-order valence-corrected chi connectivity index (χ4v) is 4.76. The lowest BCUT2D eigenvalue weighted by Crippen LogP contribution is -2.45. The molecule has 0 fully saturated rings. The number of halogens is 1. The first-order valence-electron chi connectivity index (χ1n) is 8.63. The van der Waals surface area contributed by atoms with Gasteiger partial charge in [-0.05, 0) is 32.0 Å². The lowest BCUT2D eigenvalue weighted by Gasteiger charge is -2.47. The third-order valence-corrected chi connectivity index (χ3v) is 7.09. The minimum atomic E-state index is -3.11. The molecule has 0 unspecified atom stereocenters. The Labute approximate surface area is 168 Å². The van der Waals surface area contributed by atoms with Gasteiger partial charge >= 0.3 is 0 Å². The SMILES string of the molecule is COc1cnc(C(=O)Nc2ccc(F)c([C@]3(C)CS(O)(O)[C@H](C)C(N)=N3)c2)cn1. The summed E-state index contributed by atoms with van der Waals surface area (Å²) in [7, 11) is -1.68. The summed E-state index contributed by atoms with van der Waals surface area (Å²) in [5.74, 6) is -1.02. The summed E-state index contributed by atoms with van der Waals surface area (Å²) in [5, 5.41) is 1.90. The van der Waals surface area contributed by atoms with Crippen LogP contribution in [0.2, 0.25) is 0 Å². The lowest BCUT2D eigenvalue weighted by atomic mass is 9.93. The first-order chi connectivity index (χ1) is 13.6. The number of nitrogens with two attached hydrogens (primary N) is 1. The number of amides is 1. The van der Waals surface area contributed by atoms with Crippen LogP contribution in [0.25, 0.3) is 0 Å². The molecule has 0 aliphatic carbocycles. The molecule has 1 amide bonds. The summed E-state index contributed by atoms with van der Waals surface area (Å²) in [4.78, 5) is 24.6. The minimum Gasteiger partial charge on any atom is -0.480 e. The van der Waals surface area contributed by atoms with Gasteiger partial charge in [0.2, 0.25) is 5.88 Å². The van der Waals surface area contributed by atoms with Crippen molar-refractivity contribution < 1.29 is 23.0 Å². The summed E-state index contributed by atoms with van der Waals surface area (Å²) in [5.41, 5.74) is 5.00. The first-order valence-corrected chi connectivity index (χ1v) is 10.4. The van der Waals surface area contributed by atoms with Crippen LogP contribution >= 0.6 is 10.6 Å². The van der Waals surface area contributed by atoms with Gasteiger partial charge in [0.15, 0.2) is 0 Å². The highest BCUT2D eigenvalue weighted by Crippen LogP contribution is 2.53. The molecule has 9 nitrogen and oxygen atoms in total. The van der Waals surface area contributed by atoms with Gasteiger partial charge in [0, 0.05) is 11.3 Å². The molecule has 1 aromatic heterocycles. The number of hydrogen-bond donors (Lipinski definition) is 4. The predicted molar refractivity (Wildman–Crippen MR) is 109 cm³/mol. The van der Waals surface area contributed by atoms with Crippen molar-refractivity contribution in [1.29, 1.82) is 0 Å². The van der Waals surface area contributed by atoms with Gasteiger partial charge < -0.3 is 15.8 Å². The topological polar surface area (TPSA) is 143 Å². The highest BCUT2D eigenvalue weighted by Gasteiger charge is 2.42. The number of carbonyl (C=O) groups excluding carboxylic acids is 1. The third-order valence-electron chi connectivity index (χ3n) is 4.73. The van der Waals surface area contributed by atoms with Crippen LogP contribution in [0, 0.1) is 5.82 Å². The number of nitrogens with one attached hydrogen (secondary N) is 1. The van der Waals surface area contributed by atoms with Gasteiger partial charge in [-0.25, -0.2) is 14.4 Å². The molecular formula is C18H22FN5O4S. The van der Waals surface area contributed by atoms with Crippen LogP contribution < -0.4 is 15.8 Å². The van der Waals surface area contributed by atoms with Crippen LogP contribution in [0.3, 0.4) is 0 Å². The molecule has 0 bridgehead atoms. The van der Waals surface area contributed by atoms with Crippen molar-refractivity contribution in [2.45, 2.75) is 24.6 Å². The van der Waals surface area contributed by atoms with Gasteiger partial charge in [-0.15, -0.1) is 0 Å². The van der Waals surface area contributed by atoms with E-state index < -0.39 is 33.1 Å². The predicted octanol–water partition coefficient (Wildman–Crippen LogP) is 2.60. The Balaban J connectivity index is 1.91. The van der Waals surface area contributed by atoms with Crippen LogP contribution in [0.4, 0.5) is 10.1 Å². The molecule has 2 aromatic rings. The maximum absolute atomic E-state index is 14.6. The second-order valence-corrected chi connectivity index (χ2v) is 9.34. The van der Waals surface area contributed by atoms with Crippen molar-refractivity contribution in [3.63, 3.8) is 0 Å². The van der Waals surface area contributed by atoms with E-state index in [1.807, 2.05) is 0 Å². The van der Waals surface area contributed by atoms with E-state index in [9.17, 15) is 18.3 Å². The van der Waals surface area contributed by atoms with E-state index in [0.717, 1.165) is 0 Å². The zero-order valence-electron chi connectivity index (χ0n) is 16.1. The van der Waals surface area contributed by atoms with Gasteiger partial charge in [0.1, 0.15) is 28.1 Å². The van der Waals surface area contributed by atoms with Crippen molar-refractivity contribution in [1.82, 2.24) is 9.97 Å². The Hall–Kier alpha value is -2.76. The molecule has 2 heterocycles. The van der Waals surface area contributed by atoms with Gasteiger partial charge in [-0.3, -0.25) is 18.9 Å². The summed E-state index contributed by atoms with van der Waals surface area (Å²) in [6.45, 7) is 3.13. The fraction of sp³-hybridized carbons (Fsp3) is 0.333. The monoisotopic (exact) mass is 423 g/mol. The number of methoxy groups -OCH3 is 1. The first kappa shape index (κ1) is 21.0. The minimum absolute atomic E-state index is 0.0427. The molecule has 1 aliphatic heterocycles. The number of ether oxygens (including phenoxy) is 1. The standard InChI is InChI=1S/C18H22FN5O4S/c1-10-16(20)24-18(2,9-29(10,26)27)12-6-11(4-5-13(12)19)23-17(25)14-7-22-15(28-3)8-21-14/h4-8,10,26-27H,9H2,1-3H3,(H2,20,24)(H,23,25)/t10-,18+/m1/s1. The van der Waals surface area contributed by atoms with Crippen LogP contribution in [-0.4, -0.2) is 48.9 Å². The Morgan fingerprint density at radius 1 is 1.38 bits per heavy atom. The zero-order chi connectivity index (χ0) is 21.4. The number of anilines is 1. The smallest absolute Gasteiger partial charge is 0.275 e. The quantitative estimate of drug-likeness (QED) is 0.592. The highest BCUT2D eigenvalue weighted by molar-refractivity contribution is 8.25. The maximum Gasteiger partial charge on any atom is 0.275 e. The number of amidine groups is 1. The van der Waals surface area contributed by atoms with E-state index in [2.05, 4.69) is 20.3 Å². The average molecular weight is 423 g/mol. The zero-order valence-corrected chi connectivity index (χ0v) is 16.9. The van der Waals surface area contributed by atoms with Crippen LogP contribution in [0.5, 0.6) is 5.88 Å². The van der Waals surface area contributed by atoms with Gasteiger partial charge in [-0.2, -0.15) is 10.6 Å². The molecule has 0 spiro atoms. The van der Waals surface area contributed by atoms with Crippen LogP contribution in [0.15, 0.2) is 35.6 Å². The van der Waals surface area contributed by atoms with Crippen molar-refractivity contribution in [2.75, 3.05) is 18.2 Å². The summed E-state index contributed by atoms with van der Waals surface area (Å²) < 4.78 is 40.2. The van der Waals surface area contributed by atoms with Crippen molar-refractivity contribution in [3.05, 3.63) is 47.7 Å². The van der Waals surface area contributed by atoms with Crippen LogP contribution in [0.1, 0.15) is 29.9 Å². The van der Waals surface area contributed by atoms with E-state index in [-0.39, 0.29) is 34.4 Å². The van der Waals surface area contributed by atoms with Gasteiger partial charge in [0.05, 0.1) is 25.3 Å². The Morgan fingerprint density at radius 3 is 2.69 bits per heavy atom. The molecule has 0 radical (unpaired) electrons. The number of carbonyl (C=O) groups is 1.